The molecule has 5 nitrogen and oxygen atoms in total. The van der Waals surface area contributed by atoms with Crippen LogP contribution in [0.4, 0.5) is 0 Å². The maximum Gasteiger partial charge on any atom is 0.263 e. The average Bonchev–Trinajstić information content (AvgIpc) is 2.69. The van der Waals surface area contributed by atoms with Crippen molar-refractivity contribution in [2.24, 2.45) is 0 Å². The molecule has 1 atom stereocenters. The van der Waals surface area contributed by atoms with Crippen molar-refractivity contribution in [2.45, 2.75) is 13.0 Å². The lowest BCUT2D eigenvalue weighted by Crippen LogP contribution is -2.53. The number of nitrogens with zero attached hydrogens (tertiary/aromatic N) is 2. The van der Waals surface area contributed by atoms with Gasteiger partial charge in [0.05, 0.1) is 5.02 Å². The molecule has 27 heavy (non-hydrogen) atoms. The number of carbonyl (C=O) groups excluding carboxylic acids is 2. The van der Waals surface area contributed by atoms with Crippen molar-refractivity contribution < 1.29 is 14.3 Å². The maximum atomic E-state index is 12.7. The van der Waals surface area contributed by atoms with E-state index in [-0.39, 0.29) is 11.8 Å². The van der Waals surface area contributed by atoms with Crippen LogP contribution >= 0.6 is 23.2 Å². The summed E-state index contributed by atoms with van der Waals surface area (Å²) in [4.78, 5) is 28.6. The molecule has 0 radical (unpaired) electrons. The molecule has 1 saturated heterocycles. The van der Waals surface area contributed by atoms with Crippen LogP contribution < -0.4 is 4.74 Å². The van der Waals surface area contributed by atoms with Crippen molar-refractivity contribution in [1.29, 1.82) is 0 Å². The maximum absolute atomic E-state index is 12.7. The summed E-state index contributed by atoms with van der Waals surface area (Å²) in [6.07, 6.45) is -0.681. The van der Waals surface area contributed by atoms with Crippen molar-refractivity contribution >= 4 is 35.0 Å². The third kappa shape index (κ3) is 4.73. The lowest BCUT2D eigenvalue weighted by Gasteiger charge is -2.36. The minimum atomic E-state index is -0.681. The van der Waals surface area contributed by atoms with Gasteiger partial charge in [-0.1, -0.05) is 41.4 Å². The van der Waals surface area contributed by atoms with Crippen LogP contribution in [-0.4, -0.2) is 53.9 Å². The molecule has 0 saturated carbocycles. The van der Waals surface area contributed by atoms with Crippen LogP contribution in [0.15, 0.2) is 48.5 Å². The van der Waals surface area contributed by atoms with Gasteiger partial charge in [-0.05, 0) is 37.3 Å². The van der Waals surface area contributed by atoms with Gasteiger partial charge in [0.25, 0.3) is 11.8 Å². The molecule has 2 aromatic rings. The quantitative estimate of drug-likeness (QED) is 0.776. The highest BCUT2D eigenvalue weighted by atomic mass is 35.5. The van der Waals surface area contributed by atoms with Gasteiger partial charge in [0.1, 0.15) is 5.75 Å². The molecule has 0 N–H and O–H groups in total. The summed E-state index contributed by atoms with van der Waals surface area (Å²) in [6, 6.07) is 14.0. The molecule has 0 aromatic heterocycles. The molecular formula is C20H20Cl2N2O3. The number of carbonyl (C=O) groups is 2. The third-order valence-corrected chi connectivity index (χ3v) is 4.98. The first-order valence-corrected chi connectivity index (χ1v) is 9.46. The molecule has 0 unspecified atom stereocenters. The van der Waals surface area contributed by atoms with E-state index in [1.165, 1.54) is 0 Å². The monoisotopic (exact) mass is 406 g/mol. The van der Waals surface area contributed by atoms with Gasteiger partial charge >= 0.3 is 0 Å². The highest BCUT2D eigenvalue weighted by molar-refractivity contribution is 6.35. The van der Waals surface area contributed by atoms with Crippen molar-refractivity contribution in [3.63, 3.8) is 0 Å². The second-order valence-corrected chi connectivity index (χ2v) is 7.16. The Morgan fingerprint density at radius 2 is 1.59 bits per heavy atom. The molecule has 2 aromatic carbocycles. The number of piperazine rings is 1. The molecule has 7 heteroatoms. The van der Waals surface area contributed by atoms with E-state index in [1.54, 1.807) is 47.1 Å². The molecule has 0 spiro atoms. The molecule has 0 bridgehead atoms. The molecular weight excluding hydrogens is 387 g/mol. The van der Waals surface area contributed by atoms with Crippen LogP contribution in [0.3, 0.4) is 0 Å². The topological polar surface area (TPSA) is 49.9 Å². The molecule has 1 fully saturated rings. The van der Waals surface area contributed by atoms with E-state index in [2.05, 4.69) is 0 Å². The number of halogens is 2. The Balaban J connectivity index is 1.55. The first-order chi connectivity index (χ1) is 13.0. The van der Waals surface area contributed by atoms with Crippen LogP contribution in [0.1, 0.15) is 17.3 Å². The number of hydrogen-bond donors (Lipinski definition) is 0. The van der Waals surface area contributed by atoms with Gasteiger partial charge in [0.2, 0.25) is 0 Å². The van der Waals surface area contributed by atoms with Crippen molar-refractivity contribution in [3.05, 3.63) is 64.1 Å². The Morgan fingerprint density at radius 3 is 2.22 bits per heavy atom. The smallest absolute Gasteiger partial charge is 0.263 e. The summed E-state index contributed by atoms with van der Waals surface area (Å²) >= 11 is 12.0. The van der Waals surface area contributed by atoms with E-state index in [1.807, 2.05) is 18.2 Å². The number of hydrogen-bond acceptors (Lipinski definition) is 3. The van der Waals surface area contributed by atoms with Crippen molar-refractivity contribution in [2.75, 3.05) is 26.2 Å². The van der Waals surface area contributed by atoms with Gasteiger partial charge in [-0.25, -0.2) is 0 Å². The minimum Gasteiger partial charge on any atom is -0.479 e. The summed E-state index contributed by atoms with van der Waals surface area (Å²) in [5.41, 5.74) is 0.659. The van der Waals surface area contributed by atoms with E-state index in [9.17, 15) is 9.59 Å². The van der Waals surface area contributed by atoms with Crippen LogP contribution in [0.5, 0.6) is 5.75 Å². The zero-order chi connectivity index (χ0) is 19.4. The zero-order valence-electron chi connectivity index (χ0n) is 14.9. The van der Waals surface area contributed by atoms with Crippen LogP contribution in [-0.2, 0) is 4.79 Å². The first-order valence-electron chi connectivity index (χ1n) is 8.70. The number of ether oxygens (including phenoxy) is 1. The normalized spacial score (nSPS) is 15.4. The predicted octanol–water partition coefficient (Wildman–Crippen LogP) is 3.75. The zero-order valence-corrected chi connectivity index (χ0v) is 16.4. The van der Waals surface area contributed by atoms with Gasteiger partial charge in [0.15, 0.2) is 6.10 Å². The summed E-state index contributed by atoms with van der Waals surface area (Å²) in [5.74, 6) is 0.271. The van der Waals surface area contributed by atoms with Crippen LogP contribution in [0.2, 0.25) is 10.0 Å². The predicted molar refractivity (Wildman–Crippen MR) is 105 cm³/mol. The molecule has 2 amide bonds. The van der Waals surface area contributed by atoms with Gasteiger partial charge < -0.3 is 14.5 Å². The van der Waals surface area contributed by atoms with Crippen LogP contribution in [0.25, 0.3) is 0 Å². The van der Waals surface area contributed by atoms with Crippen molar-refractivity contribution in [3.8, 4) is 5.75 Å². The molecule has 0 aliphatic carbocycles. The van der Waals surface area contributed by atoms with E-state index in [0.29, 0.717) is 47.5 Å². The molecule has 1 aliphatic heterocycles. The van der Waals surface area contributed by atoms with E-state index in [0.717, 1.165) is 0 Å². The first kappa shape index (κ1) is 19.5. The number of benzene rings is 2. The average molecular weight is 407 g/mol. The van der Waals surface area contributed by atoms with Gasteiger partial charge in [-0.3, -0.25) is 9.59 Å². The molecule has 1 heterocycles. The lowest BCUT2D eigenvalue weighted by molar-refractivity contribution is -0.139. The third-order valence-electron chi connectivity index (χ3n) is 4.44. The lowest BCUT2D eigenvalue weighted by atomic mass is 10.2. The van der Waals surface area contributed by atoms with E-state index < -0.39 is 6.10 Å². The highest BCUT2D eigenvalue weighted by Crippen LogP contribution is 2.28. The van der Waals surface area contributed by atoms with Gasteiger partial charge in [-0.15, -0.1) is 0 Å². The SMILES string of the molecule is C[C@@H](Oc1ccc(Cl)cc1Cl)C(=O)N1CCN(C(=O)c2ccccc2)CC1. The second kappa shape index (κ2) is 8.63. The number of amides is 2. The summed E-state index contributed by atoms with van der Waals surface area (Å²) < 4.78 is 5.70. The molecule has 1 aliphatic rings. The Labute approximate surface area is 168 Å². The fourth-order valence-electron chi connectivity index (χ4n) is 2.96. The summed E-state index contributed by atoms with van der Waals surface area (Å²) in [7, 11) is 0. The fourth-order valence-corrected chi connectivity index (χ4v) is 3.42. The van der Waals surface area contributed by atoms with Gasteiger partial charge in [-0.2, -0.15) is 0 Å². The number of rotatable bonds is 4. The second-order valence-electron chi connectivity index (χ2n) is 6.32. The minimum absolute atomic E-state index is 0.0139. The Bertz CT molecular complexity index is 821. The van der Waals surface area contributed by atoms with E-state index in [4.69, 9.17) is 27.9 Å². The Kier molecular flexibility index (Phi) is 6.24. The molecule has 3 rings (SSSR count). The Hall–Kier alpha value is -2.24. The van der Waals surface area contributed by atoms with E-state index >= 15 is 0 Å². The fraction of sp³-hybridized carbons (Fsp3) is 0.300. The molecule has 142 valence electrons. The van der Waals surface area contributed by atoms with Crippen molar-refractivity contribution in [1.82, 2.24) is 9.80 Å². The summed E-state index contributed by atoms with van der Waals surface area (Å²) in [6.45, 7) is 3.62. The summed E-state index contributed by atoms with van der Waals surface area (Å²) in [5, 5.41) is 0.867. The highest BCUT2D eigenvalue weighted by Gasteiger charge is 2.28. The standard InChI is InChI=1S/C20H20Cl2N2O3/c1-14(27-18-8-7-16(21)13-17(18)22)19(25)23-9-11-24(12-10-23)20(26)15-5-3-2-4-6-15/h2-8,13-14H,9-12H2,1H3/t14-/m1/s1. The van der Waals surface area contributed by atoms with Crippen LogP contribution in [0, 0.1) is 0 Å². The largest absolute Gasteiger partial charge is 0.479 e. The Morgan fingerprint density at radius 1 is 0.963 bits per heavy atom. The van der Waals surface area contributed by atoms with Gasteiger partial charge in [0, 0.05) is 36.8 Å².